The van der Waals surface area contributed by atoms with E-state index in [-0.39, 0.29) is 11.3 Å². The summed E-state index contributed by atoms with van der Waals surface area (Å²) < 4.78 is 1.09. The van der Waals surface area contributed by atoms with Crippen LogP contribution in [0, 0.1) is 0 Å². The second-order valence-corrected chi connectivity index (χ2v) is 6.76. The monoisotopic (exact) mass is 359 g/mol. The van der Waals surface area contributed by atoms with Gasteiger partial charge in [0.05, 0.1) is 6.42 Å². The number of benzene rings is 1. The number of amides is 1. The molecule has 1 N–H and O–H groups in total. The van der Waals surface area contributed by atoms with E-state index in [2.05, 4.69) is 49.4 Å². The van der Waals surface area contributed by atoms with Crippen molar-refractivity contribution >= 4 is 21.8 Å². The summed E-state index contributed by atoms with van der Waals surface area (Å²) in [5, 5.41) is 3.08. The van der Waals surface area contributed by atoms with Crippen molar-refractivity contribution in [3.8, 4) is 0 Å². The van der Waals surface area contributed by atoms with Crippen LogP contribution >= 0.6 is 15.9 Å². The molecule has 0 saturated heterocycles. The molecule has 1 aliphatic rings. The van der Waals surface area contributed by atoms with Gasteiger partial charge < -0.3 is 5.32 Å². The summed E-state index contributed by atoms with van der Waals surface area (Å²) in [6, 6.07) is 8.41. The predicted molar refractivity (Wildman–Crippen MR) is 88.4 cm³/mol. The number of carbonyl (C=O) groups is 1. The SMILES string of the molecule is O=C(Cc1cncnc1)NCC1(c2cccc(Br)c2)CCC1. The first kappa shape index (κ1) is 15.2. The Bertz CT molecular complexity index is 656. The maximum absolute atomic E-state index is 12.1. The largest absolute Gasteiger partial charge is 0.355 e. The predicted octanol–water partition coefficient (Wildman–Crippen LogP) is 3.02. The second-order valence-electron chi connectivity index (χ2n) is 5.84. The molecule has 1 heterocycles. The minimum atomic E-state index is 0.0241. The molecule has 0 bridgehead atoms. The number of aromatic nitrogens is 2. The number of nitrogens with one attached hydrogen (secondary N) is 1. The molecule has 0 unspecified atom stereocenters. The molecule has 1 saturated carbocycles. The molecule has 114 valence electrons. The molecule has 0 aliphatic heterocycles. The molecule has 1 aromatic carbocycles. The van der Waals surface area contributed by atoms with Crippen LogP contribution in [0.2, 0.25) is 0 Å². The van der Waals surface area contributed by atoms with Crippen LogP contribution in [0.1, 0.15) is 30.4 Å². The lowest BCUT2D eigenvalue weighted by Crippen LogP contribution is -2.45. The fraction of sp³-hybridized carbons (Fsp3) is 0.353. The maximum atomic E-state index is 12.1. The van der Waals surface area contributed by atoms with Crippen LogP contribution in [-0.4, -0.2) is 22.4 Å². The first-order valence-electron chi connectivity index (χ1n) is 7.45. The number of hydrogen-bond donors (Lipinski definition) is 1. The van der Waals surface area contributed by atoms with Gasteiger partial charge in [-0.1, -0.05) is 34.5 Å². The zero-order valence-electron chi connectivity index (χ0n) is 12.3. The summed E-state index contributed by atoms with van der Waals surface area (Å²) in [6.45, 7) is 0.690. The quantitative estimate of drug-likeness (QED) is 0.892. The third-order valence-corrected chi connectivity index (χ3v) is 4.84. The third-order valence-electron chi connectivity index (χ3n) is 4.35. The standard InChI is InChI=1S/C17H18BrN3O/c18-15-4-1-3-14(8-15)17(5-2-6-17)11-21-16(22)7-13-9-19-12-20-10-13/h1,3-4,8-10,12H,2,5-7,11H2,(H,21,22). The molecule has 0 radical (unpaired) electrons. The molecule has 22 heavy (non-hydrogen) atoms. The van der Waals surface area contributed by atoms with Gasteiger partial charge in [0.15, 0.2) is 0 Å². The molecule has 0 atom stereocenters. The van der Waals surface area contributed by atoms with Crippen LogP contribution in [0.25, 0.3) is 0 Å². The Kier molecular flexibility index (Phi) is 4.52. The Morgan fingerprint density at radius 2 is 2.05 bits per heavy atom. The summed E-state index contributed by atoms with van der Waals surface area (Å²) in [7, 11) is 0. The highest BCUT2D eigenvalue weighted by Gasteiger charge is 2.38. The van der Waals surface area contributed by atoms with E-state index in [1.165, 1.54) is 18.3 Å². The van der Waals surface area contributed by atoms with Crippen LogP contribution < -0.4 is 5.32 Å². The average Bonchev–Trinajstić information content (AvgIpc) is 2.47. The molecular formula is C17H18BrN3O. The molecule has 2 aromatic rings. The van der Waals surface area contributed by atoms with Gasteiger partial charge in [0, 0.05) is 28.8 Å². The van der Waals surface area contributed by atoms with Crippen molar-refractivity contribution in [2.24, 2.45) is 0 Å². The number of carbonyl (C=O) groups excluding carboxylic acids is 1. The smallest absolute Gasteiger partial charge is 0.224 e. The molecule has 0 spiro atoms. The third kappa shape index (κ3) is 3.35. The van der Waals surface area contributed by atoms with E-state index in [1.807, 2.05) is 6.07 Å². The van der Waals surface area contributed by atoms with Crippen molar-refractivity contribution in [2.45, 2.75) is 31.1 Å². The Morgan fingerprint density at radius 1 is 1.27 bits per heavy atom. The van der Waals surface area contributed by atoms with Gasteiger partial charge in [-0.15, -0.1) is 0 Å². The lowest BCUT2D eigenvalue weighted by molar-refractivity contribution is -0.120. The van der Waals surface area contributed by atoms with Gasteiger partial charge in [0.2, 0.25) is 5.91 Å². The van der Waals surface area contributed by atoms with E-state index in [1.54, 1.807) is 12.4 Å². The summed E-state index contributed by atoms with van der Waals surface area (Å²) in [4.78, 5) is 20.0. The van der Waals surface area contributed by atoms with Crippen molar-refractivity contribution < 1.29 is 4.79 Å². The van der Waals surface area contributed by atoms with Crippen LogP contribution in [0.4, 0.5) is 0 Å². The van der Waals surface area contributed by atoms with E-state index < -0.39 is 0 Å². The van der Waals surface area contributed by atoms with Gasteiger partial charge in [-0.2, -0.15) is 0 Å². The van der Waals surface area contributed by atoms with Gasteiger partial charge in [0.1, 0.15) is 6.33 Å². The van der Waals surface area contributed by atoms with Gasteiger partial charge in [0.25, 0.3) is 0 Å². The van der Waals surface area contributed by atoms with E-state index in [4.69, 9.17) is 0 Å². The Labute approximate surface area is 138 Å². The number of nitrogens with zero attached hydrogens (tertiary/aromatic N) is 2. The van der Waals surface area contributed by atoms with Crippen molar-refractivity contribution in [1.29, 1.82) is 0 Å². The number of hydrogen-bond acceptors (Lipinski definition) is 3. The normalized spacial score (nSPS) is 15.9. The summed E-state index contributed by atoms with van der Waals surface area (Å²) in [5.74, 6) is 0.0241. The summed E-state index contributed by atoms with van der Waals surface area (Å²) >= 11 is 3.53. The highest BCUT2D eigenvalue weighted by atomic mass is 79.9. The zero-order valence-corrected chi connectivity index (χ0v) is 13.8. The Morgan fingerprint density at radius 3 is 2.68 bits per heavy atom. The molecule has 1 fully saturated rings. The highest BCUT2D eigenvalue weighted by molar-refractivity contribution is 9.10. The molecule has 5 heteroatoms. The molecule has 4 nitrogen and oxygen atoms in total. The van der Waals surface area contributed by atoms with Crippen molar-refractivity contribution in [3.63, 3.8) is 0 Å². The van der Waals surface area contributed by atoms with E-state index in [0.29, 0.717) is 13.0 Å². The lowest BCUT2D eigenvalue weighted by Gasteiger charge is -2.42. The van der Waals surface area contributed by atoms with Gasteiger partial charge in [-0.05, 0) is 36.1 Å². The minimum Gasteiger partial charge on any atom is -0.355 e. The fourth-order valence-corrected chi connectivity index (χ4v) is 3.33. The van der Waals surface area contributed by atoms with Crippen molar-refractivity contribution in [3.05, 3.63) is 58.6 Å². The maximum Gasteiger partial charge on any atom is 0.224 e. The van der Waals surface area contributed by atoms with Crippen LogP contribution in [0.5, 0.6) is 0 Å². The minimum absolute atomic E-state index is 0.0241. The van der Waals surface area contributed by atoms with Gasteiger partial charge in [-0.3, -0.25) is 4.79 Å². The first-order chi connectivity index (χ1) is 10.7. The van der Waals surface area contributed by atoms with Crippen LogP contribution in [0.15, 0.2) is 47.5 Å². The van der Waals surface area contributed by atoms with Crippen LogP contribution in [-0.2, 0) is 16.6 Å². The number of halogens is 1. The zero-order chi connectivity index (χ0) is 15.4. The molecule has 3 rings (SSSR count). The molecule has 1 aliphatic carbocycles. The van der Waals surface area contributed by atoms with Gasteiger partial charge >= 0.3 is 0 Å². The Balaban J connectivity index is 1.63. The first-order valence-corrected chi connectivity index (χ1v) is 8.24. The average molecular weight is 360 g/mol. The van der Waals surface area contributed by atoms with Crippen molar-refractivity contribution in [2.75, 3.05) is 6.54 Å². The topological polar surface area (TPSA) is 54.9 Å². The Hall–Kier alpha value is -1.75. The molecule has 1 aromatic heterocycles. The van der Waals surface area contributed by atoms with Crippen LogP contribution in [0.3, 0.4) is 0 Å². The van der Waals surface area contributed by atoms with E-state index in [0.717, 1.165) is 22.9 Å². The molecule has 1 amide bonds. The van der Waals surface area contributed by atoms with E-state index in [9.17, 15) is 4.79 Å². The summed E-state index contributed by atoms with van der Waals surface area (Å²) in [5.41, 5.74) is 2.23. The molecular weight excluding hydrogens is 342 g/mol. The van der Waals surface area contributed by atoms with E-state index >= 15 is 0 Å². The van der Waals surface area contributed by atoms with Gasteiger partial charge in [-0.25, -0.2) is 9.97 Å². The lowest BCUT2D eigenvalue weighted by atomic mass is 9.64. The highest BCUT2D eigenvalue weighted by Crippen LogP contribution is 2.43. The summed E-state index contributed by atoms with van der Waals surface area (Å²) in [6.07, 6.45) is 8.62. The number of rotatable bonds is 5. The van der Waals surface area contributed by atoms with Crippen molar-refractivity contribution in [1.82, 2.24) is 15.3 Å². The fourth-order valence-electron chi connectivity index (χ4n) is 2.93. The second kappa shape index (κ2) is 6.57.